The smallest absolute Gasteiger partial charge is 0.475 e. The standard InChI is InChI=1S/C27H26F2N8O3S.C2HF3O2/c28-20-3-4-21(35-41(39,40)37-5-1-2-6-37)23(29)22(20)24(38)19-11-32-25-18(19)7-16(8-31-25)17-9-33-26(34-10-17)36-14-27(15-36)12-30-13-27;3-2(4,5)1(6)7/h3-4,7-11,30,35H,1-2,5-6,12-15H2,(H,31,32);(H,6,7). The zero-order chi connectivity index (χ0) is 34.4. The second-order valence-electron chi connectivity index (χ2n) is 11.7. The summed E-state index contributed by atoms with van der Waals surface area (Å²) in [5.41, 5.74) is 0.600. The molecule has 0 radical (unpaired) electrons. The van der Waals surface area contributed by atoms with Crippen LogP contribution in [0.5, 0.6) is 0 Å². The van der Waals surface area contributed by atoms with E-state index in [1.54, 1.807) is 24.7 Å². The summed E-state index contributed by atoms with van der Waals surface area (Å²) in [6.45, 7) is 4.46. The third-order valence-electron chi connectivity index (χ3n) is 8.29. The van der Waals surface area contributed by atoms with E-state index >= 15 is 4.39 Å². The molecular weight excluding hydrogens is 667 g/mol. The first kappa shape index (κ1) is 33.2. The number of anilines is 2. The molecule has 3 aromatic heterocycles. The molecule has 3 fully saturated rings. The number of pyridine rings is 1. The van der Waals surface area contributed by atoms with Crippen LogP contribution in [0.25, 0.3) is 22.2 Å². The van der Waals surface area contributed by atoms with Crippen LogP contribution in [0.4, 0.5) is 33.6 Å². The molecule has 0 amide bonds. The lowest BCUT2D eigenvalue weighted by Gasteiger charge is -2.55. The molecule has 0 bridgehead atoms. The SMILES string of the molecule is O=C(O)C(F)(F)F.O=C(c1c(F)ccc(NS(=O)(=O)N2CCCC2)c1F)c1c[nH]c2ncc(-c3cnc(N4CC5(CNC5)C4)nc3)cc12. The fourth-order valence-electron chi connectivity index (χ4n) is 5.70. The number of carboxylic acid groups (broad SMARTS) is 1. The number of hydrogen-bond acceptors (Lipinski definition) is 9. The van der Waals surface area contributed by atoms with Gasteiger partial charge in [0.05, 0.1) is 11.3 Å². The summed E-state index contributed by atoms with van der Waals surface area (Å²) in [6, 6.07) is 3.52. The van der Waals surface area contributed by atoms with Gasteiger partial charge < -0.3 is 20.3 Å². The highest BCUT2D eigenvalue weighted by atomic mass is 32.2. The summed E-state index contributed by atoms with van der Waals surface area (Å²) < 4.78 is 90.8. The van der Waals surface area contributed by atoms with Gasteiger partial charge in [0.15, 0.2) is 5.82 Å². The van der Waals surface area contributed by atoms with Crippen molar-refractivity contribution in [3.8, 4) is 11.1 Å². The van der Waals surface area contributed by atoms with E-state index < -0.39 is 51.0 Å². The van der Waals surface area contributed by atoms with Crippen LogP contribution in [0.15, 0.2) is 43.0 Å². The van der Waals surface area contributed by atoms with E-state index in [1.165, 1.54) is 10.5 Å². The summed E-state index contributed by atoms with van der Waals surface area (Å²) >= 11 is 0. The van der Waals surface area contributed by atoms with E-state index in [2.05, 4.69) is 34.9 Å². The summed E-state index contributed by atoms with van der Waals surface area (Å²) in [5.74, 6) is -5.46. The molecule has 0 saturated carbocycles. The second kappa shape index (κ2) is 12.4. The Bertz CT molecular complexity index is 1990. The van der Waals surface area contributed by atoms with Crippen molar-refractivity contribution in [3.63, 3.8) is 0 Å². The third kappa shape index (κ3) is 6.39. The van der Waals surface area contributed by atoms with E-state index in [-0.39, 0.29) is 5.56 Å². The lowest BCUT2D eigenvalue weighted by atomic mass is 9.75. The lowest BCUT2D eigenvalue weighted by Crippen LogP contribution is -2.71. The molecule has 19 heteroatoms. The quantitative estimate of drug-likeness (QED) is 0.166. The maximum atomic E-state index is 15.5. The van der Waals surface area contributed by atoms with Gasteiger partial charge in [-0.05, 0) is 31.0 Å². The first-order valence-corrected chi connectivity index (χ1v) is 16.0. The zero-order valence-electron chi connectivity index (χ0n) is 24.8. The first-order valence-electron chi connectivity index (χ1n) is 14.5. The molecule has 0 unspecified atom stereocenters. The van der Waals surface area contributed by atoms with E-state index in [9.17, 15) is 30.8 Å². The molecule has 6 heterocycles. The highest BCUT2D eigenvalue weighted by Gasteiger charge is 2.48. The zero-order valence-corrected chi connectivity index (χ0v) is 25.6. The monoisotopic (exact) mass is 694 g/mol. The highest BCUT2D eigenvalue weighted by molar-refractivity contribution is 7.90. The maximum absolute atomic E-state index is 15.5. The van der Waals surface area contributed by atoms with Crippen LogP contribution >= 0.6 is 0 Å². The van der Waals surface area contributed by atoms with Crippen LogP contribution in [-0.2, 0) is 15.0 Å². The predicted octanol–water partition coefficient (Wildman–Crippen LogP) is 3.32. The van der Waals surface area contributed by atoms with E-state index in [4.69, 9.17) is 9.90 Å². The van der Waals surface area contributed by atoms with Gasteiger partial charge in [-0.1, -0.05) is 0 Å². The van der Waals surface area contributed by atoms with E-state index in [0.29, 0.717) is 59.5 Å². The van der Waals surface area contributed by atoms with E-state index in [0.717, 1.165) is 38.3 Å². The number of aliphatic carboxylic acids is 1. The van der Waals surface area contributed by atoms with Crippen molar-refractivity contribution >= 4 is 44.6 Å². The molecule has 0 aliphatic carbocycles. The number of alkyl halides is 3. The van der Waals surface area contributed by atoms with Crippen LogP contribution in [0.3, 0.4) is 0 Å². The summed E-state index contributed by atoms with van der Waals surface area (Å²) in [7, 11) is -4.05. The van der Waals surface area contributed by atoms with Gasteiger partial charge in [-0.25, -0.2) is 28.5 Å². The Morgan fingerprint density at radius 2 is 1.60 bits per heavy atom. The number of H-pyrrole nitrogens is 1. The average Bonchev–Trinajstić information content (AvgIpc) is 3.69. The Morgan fingerprint density at radius 1 is 0.979 bits per heavy atom. The topological polar surface area (TPSA) is 174 Å². The van der Waals surface area contributed by atoms with Gasteiger partial charge in [0, 0.05) is 91.5 Å². The molecule has 3 aliphatic heterocycles. The number of aromatic nitrogens is 4. The molecule has 254 valence electrons. The van der Waals surface area contributed by atoms with Gasteiger partial charge in [-0.3, -0.25) is 9.52 Å². The van der Waals surface area contributed by atoms with Crippen LogP contribution in [-0.4, -0.2) is 95.0 Å². The molecule has 48 heavy (non-hydrogen) atoms. The number of benzene rings is 1. The Hall–Kier alpha value is -4.75. The summed E-state index contributed by atoms with van der Waals surface area (Å²) in [6.07, 6.45) is 2.59. The van der Waals surface area contributed by atoms with Crippen LogP contribution in [0.1, 0.15) is 28.8 Å². The van der Waals surface area contributed by atoms with Crippen molar-refractivity contribution in [3.05, 3.63) is 65.7 Å². The van der Waals surface area contributed by atoms with Gasteiger partial charge in [-0.2, -0.15) is 25.9 Å². The molecule has 3 aliphatic rings. The van der Waals surface area contributed by atoms with Crippen molar-refractivity contribution in [1.29, 1.82) is 0 Å². The van der Waals surface area contributed by atoms with E-state index in [1.807, 2.05) is 0 Å². The Labute approximate surface area is 269 Å². The summed E-state index contributed by atoms with van der Waals surface area (Å²) in [5, 5.41) is 10.8. The average molecular weight is 695 g/mol. The highest BCUT2D eigenvalue weighted by Crippen LogP contribution is 2.36. The number of rotatable bonds is 7. The second-order valence-corrected chi connectivity index (χ2v) is 13.4. The molecule has 0 atom stereocenters. The number of ketones is 1. The first-order chi connectivity index (χ1) is 22.7. The number of nitrogens with zero attached hydrogens (tertiary/aromatic N) is 5. The van der Waals surface area contributed by atoms with Crippen molar-refractivity contribution < 1.29 is 45.1 Å². The maximum Gasteiger partial charge on any atom is 0.490 e. The Kier molecular flexibility index (Phi) is 8.54. The predicted molar refractivity (Wildman–Crippen MR) is 161 cm³/mol. The largest absolute Gasteiger partial charge is 0.490 e. The minimum atomic E-state index is -5.08. The van der Waals surface area contributed by atoms with Gasteiger partial charge in [0.2, 0.25) is 11.7 Å². The molecule has 4 N–H and O–H groups in total. The van der Waals surface area contributed by atoms with Crippen LogP contribution in [0.2, 0.25) is 0 Å². The van der Waals surface area contributed by atoms with Gasteiger partial charge in [0.25, 0.3) is 0 Å². The van der Waals surface area contributed by atoms with Gasteiger partial charge >= 0.3 is 22.4 Å². The fraction of sp³-hybridized carbons (Fsp3) is 0.345. The molecule has 4 aromatic rings. The number of fused-ring (bicyclic) bond motifs is 1. The molecular formula is C29H27F5N8O5S. The molecule has 7 rings (SSSR count). The number of halogens is 5. The minimum Gasteiger partial charge on any atom is -0.475 e. The summed E-state index contributed by atoms with van der Waals surface area (Å²) in [4.78, 5) is 40.7. The Morgan fingerprint density at radius 3 is 2.19 bits per heavy atom. The fourth-order valence-corrected chi connectivity index (χ4v) is 7.00. The third-order valence-corrected chi connectivity index (χ3v) is 9.81. The number of carbonyl (C=O) groups excluding carboxylic acids is 1. The Balaban J connectivity index is 0.000000519. The molecule has 1 spiro atoms. The lowest BCUT2D eigenvalue weighted by molar-refractivity contribution is -0.192. The number of carboxylic acids is 1. The van der Waals surface area contributed by atoms with Crippen molar-refractivity contribution in [2.75, 3.05) is 48.9 Å². The van der Waals surface area contributed by atoms with Crippen molar-refractivity contribution in [1.82, 2.24) is 29.6 Å². The van der Waals surface area contributed by atoms with Crippen LogP contribution < -0.4 is 14.9 Å². The van der Waals surface area contributed by atoms with Crippen molar-refractivity contribution in [2.45, 2.75) is 19.0 Å². The minimum absolute atomic E-state index is 0.00998. The number of hydrogen-bond donors (Lipinski definition) is 4. The number of nitrogens with one attached hydrogen (secondary N) is 3. The van der Waals surface area contributed by atoms with Crippen LogP contribution in [0, 0.1) is 17.0 Å². The van der Waals surface area contributed by atoms with Gasteiger partial charge in [0.1, 0.15) is 11.5 Å². The van der Waals surface area contributed by atoms with Crippen molar-refractivity contribution in [2.24, 2.45) is 5.41 Å². The normalized spacial score (nSPS) is 17.4. The number of carbonyl (C=O) groups is 2. The molecule has 1 aromatic carbocycles. The molecule has 3 saturated heterocycles. The van der Waals surface area contributed by atoms with Gasteiger partial charge in [-0.15, -0.1) is 0 Å². The molecule has 13 nitrogen and oxygen atoms in total. The number of aromatic amines is 1.